The summed E-state index contributed by atoms with van der Waals surface area (Å²) in [6, 6.07) is 0. The van der Waals surface area contributed by atoms with E-state index in [9.17, 15) is 13.2 Å². The third-order valence-electron chi connectivity index (χ3n) is 1.39. The third-order valence-corrected chi connectivity index (χ3v) is 1.39. The summed E-state index contributed by atoms with van der Waals surface area (Å²) < 4.78 is 41.3. The van der Waals surface area contributed by atoms with Crippen molar-refractivity contribution in [2.75, 3.05) is 0 Å². The van der Waals surface area contributed by atoms with Gasteiger partial charge in [0.15, 0.2) is 0 Å². The van der Waals surface area contributed by atoms with Gasteiger partial charge in [-0.05, 0) is 6.42 Å². The fourth-order valence-corrected chi connectivity index (χ4v) is 0.924. The van der Waals surface area contributed by atoms with Gasteiger partial charge in [0.2, 0.25) is 5.82 Å². The Kier molecular flexibility index (Phi) is 3.16. The molecule has 0 N–H and O–H groups in total. The van der Waals surface area contributed by atoms with Gasteiger partial charge >= 0.3 is 6.61 Å². The minimum atomic E-state index is -3.03. The Balaban J connectivity index is 2.81. The lowest BCUT2D eigenvalue weighted by Gasteiger charge is -2.06. The minimum Gasteiger partial charge on any atom is -0.414 e. The highest BCUT2D eigenvalue weighted by molar-refractivity contribution is 5.11. The first-order valence-electron chi connectivity index (χ1n) is 3.81. The standard InChI is InChI=1S/C7H9F3N2O/c1-2-3-12-6(13-7(9)10)5(8)4-11-12/h4,7H,2-3H2,1H3. The second-order valence-electron chi connectivity index (χ2n) is 2.40. The molecule has 13 heavy (non-hydrogen) atoms. The monoisotopic (exact) mass is 194 g/mol. The van der Waals surface area contributed by atoms with Crippen LogP contribution < -0.4 is 4.74 Å². The number of hydrogen-bond acceptors (Lipinski definition) is 2. The van der Waals surface area contributed by atoms with Crippen LogP contribution in [0.15, 0.2) is 6.20 Å². The van der Waals surface area contributed by atoms with Crippen LogP contribution in [0, 0.1) is 5.82 Å². The van der Waals surface area contributed by atoms with E-state index in [-0.39, 0.29) is 0 Å². The Labute approximate surface area is 73.1 Å². The van der Waals surface area contributed by atoms with Crippen LogP contribution in [0.25, 0.3) is 0 Å². The first kappa shape index (κ1) is 9.88. The Morgan fingerprint density at radius 3 is 2.85 bits per heavy atom. The lowest BCUT2D eigenvalue weighted by Crippen LogP contribution is -2.09. The van der Waals surface area contributed by atoms with Gasteiger partial charge < -0.3 is 4.74 Å². The molecule has 0 aromatic carbocycles. The van der Waals surface area contributed by atoms with Crippen LogP contribution in [0.2, 0.25) is 0 Å². The van der Waals surface area contributed by atoms with Crippen molar-refractivity contribution in [1.82, 2.24) is 9.78 Å². The number of rotatable bonds is 4. The molecule has 0 saturated carbocycles. The molecular formula is C7H9F3N2O. The van der Waals surface area contributed by atoms with Crippen LogP contribution in [0.1, 0.15) is 13.3 Å². The number of hydrogen-bond donors (Lipinski definition) is 0. The fourth-order valence-electron chi connectivity index (χ4n) is 0.924. The van der Waals surface area contributed by atoms with E-state index in [4.69, 9.17) is 0 Å². The van der Waals surface area contributed by atoms with Gasteiger partial charge in [-0.3, -0.25) is 0 Å². The van der Waals surface area contributed by atoms with E-state index in [1.54, 1.807) is 0 Å². The molecule has 6 heteroatoms. The zero-order valence-corrected chi connectivity index (χ0v) is 7.01. The Bertz CT molecular complexity index is 275. The van der Waals surface area contributed by atoms with Gasteiger partial charge in [-0.2, -0.15) is 18.3 Å². The molecular weight excluding hydrogens is 185 g/mol. The SMILES string of the molecule is CCCn1ncc(F)c1OC(F)F. The van der Waals surface area contributed by atoms with Crippen molar-refractivity contribution in [3.8, 4) is 5.88 Å². The van der Waals surface area contributed by atoms with Crippen LogP contribution in [-0.2, 0) is 6.54 Å². The molecule has 0 aliphatic heterocycles. The predicted molar refractivity (Wildman–Crippen MR) is 39.1 cm³/mol. The summed E-state index contributed by atoms with van der Waals surface area (Å²) in [6.07, 6.45) is 1.52. The average molecular weight is 194 g/mol. The van der Waals surface area contributed by atoms with Gasteiger partial charge in [0.1, 0.15) is 0 Å². The molecule has 0 atom stereocenters. The van der Waals surface area contributed by atoms with Crippen molar-refractivity contribution in [1.29, 1.82) is 0 Å². The van der Waals surface area contributed by atoms with E-state index in [1.807, 2.05) is 6.92 Å². The molecule has 0 amide bonds. The zero-order chi connectivity index (χ0) is 9.84. The van der Waals surface area contributed by atoms with Crippen molar-refractivity contribution >= 4 is 0 Å². The smallest absolute Gasteiger partial charge is 0.388 e. The van der Waals surface area contributed by atoms with E-state index >= 15 is 0 Å². The van der Waals surface area contributed by atoms with Crippen molar-refractivity contribution in [2.45, 2.75) is 26.5 Å². The summed E-state index contributed by atoms with van der Waals surface area (Å²) in [6.45, 7) is -0.848. The Hall–Kier alpha value is -1.20. The number of ether oxygens (including phenoxy) is 1. The van der Waals surface area contributed by atoms with Crippen molar-refractivity contribution in [3.63, 3.8) is 0 Å². The molecule has 0 aliphatic rings. The van der Waals surface area contributed by atoms with Gasteiger partial charge in [0, 0.05) is 6.54 Å². The summed E-state index contributed by atoms with van der Waals surface area (Å²) in [4.78, 5) is 0. The number of alkyl halides is 2. The van der Waals surface area contributed by atoms with Crippen molar-refractivity contribution in [2.24, 2.45) is 0 Å². The highest BCUT2D eigenvalue weighted by Crippen LogP contribution is 2.18. The maximum atomic E-state index is 12.8. The fraction of sp³-hybridized carbons (Fsp3) is 0.571. The molecule has 0 saturated heterocycles. The molecule has 1 rings (SSSR count). The van der Waals surface area contributed by atoms with Gasteiger partial charge in [-0.15, -0.1) is 0 Å². The van der Waals surface area contributed by atoms with Crippen LogP contribution in [-0.4, -0.2) is 16.4 Å². The van der Waals surface area contributed by atoms with Crippen LogP contribution in [0.5, 0.6) is 5.88 Å². The summed E-state index contributed by atoms with van der Waals surface area (Å²) >= 11 is 0. The Morgan fingerprint density at radius 2 is 2.31 bits per heavy atom. The summed E-state index contributed by atoms with van der Waals surface area (Å²) in [7, 11) is 0. The van der Waals surface area contributed by atoms with Crippen LogP contribution >= 0.6 is 0 Å². The third kappa shape index (κ3) is 2.37. The lowest BCUT2D eigenvalue weighted by molar-refractivity contribution is -0.0582. The summed E-state index contributed by atoms with van der Waals surface area (Å²) in [5.41, 5.74) is 0. The molecule has 0 spiro atoms. The van der Waals surface area contributed by atoms with E-state index in [2.05, 4.69) is 9.84 Å². The predicted octanol–water partition coefficient (Wildman–Crippen LogP) is 2.03. The van der Waals surface area contributed by atoms with Gasteiger partial charge in [0.25, 0.3) is 5.88 Å². The number of nitrogens with zero attached hydrogens (tertiary/aromatic N) is 2. The second-order valence-corrected chi connectivity index (χ2v) is 2.40. The van der Waals surface area contributed by atoms with E-state index < -0.39 is 18.3 Å². The highest BCUT2D eigenvalue weighted by atomic mass is 19.3. The topological polar surface area (TPSA) is 27.1 Å². The molecule has 0 fully saturated rings. The van der Waals surface area contributed by atoms with Crippen molar-refractivity contribution in [3.05, 3.63) is 12.0 Å². The maximum Gasteiger partial charge on any atom is 0.388 e. The molecule has 74 valence electrons. The van der Waals surface area contributed by atoms with Crippen LogP contribution in [0.3, 0.4) is 0 Å². The summed E-state index contributed by atoms with van der Waals surface area (Å²) in [5, 5.41) is 3.54. The normalized spacial score (nSPS) is 10.8. The summed E-state index contributed by atoms with van der Waals surface area (Å²) in [5.74, 6) is -1.37. The molecule has 1 aromatic rings. The molecule has 0 aliphatic carbocycles. The molecule has 3 nitrogen and oxygen atoms in total. The molecule has 0 unspecified atom stereocenters. The number of aromatic nitrogens is 2. The maximum absolute atomic E-state index is 12.8. The quantitative estimate of drug-likeness (QED) is 0.733. The lowest BCUT2D eigenvalue weighted by atomic mass is 10.5. The molecule has 0 radical (unpaired) electrons. The second kappa shape index (κ2) is 4.15. The highest BCUT2D eigenvalue weighted by Gasteiger charge is 2.15. The van der Waals surface area contributed by atoms with E-state index in [1.165, 1.54) is 0 Å². The van der Waals surface area contributed by atoms with Crippen LogP contribution in [0.4, 0.5) is 13.2 Å². The average Bonchev–Trinajstić information content (AvgIpc) is 2.36. The van der Waals surface area contributed by atoms with E-state index in [0.29, 0.717) is 13.0 Å². The molecule has 1 aromatic heterocycles. The van der Waals surface area contributed by atoms with Gasteiger partial charge in [-0.25, -0.2) is 4.68 Å². The number of halogens is 3. The zero-order valence-electron chi connectivity index (χ0n) is 7.01. The largest absolute Gasteiger partial charge is 0.414 e. The molecule has 0 bridgehead atoms. The van der Waals surface area contributed by atoms with Gasteiger partial charge in [-0.1, -0.05) is 6.92 Å². The Morgan fingerprint density at radius 1 is 1.62 bits per heavy atom. The first-order valence-corrected chi connectivity index (χ1v) is 3.81. The molecule has 1 heterocycles. The number of aryl methyl sites for hydroxylation is 1. The van der Waals surface area contributed by atoms with Gasteiger partial charge in [0.05, 0.1) is 6.20 Å². The van der Waals surface area contributed by atoms with Crippen molar-refractivity contribution < 1.29 is 17.9 Å². The van der Waals surface area contributed by atoms with E-state index in [0.717, 1.165) is 10.9 Å². The first-order chi connectivity index (χ1) is 6.15. The minimum absolute atomic E-state index is 0.353.